The summed E-state index contributed by atoms with van der Waals surface area (Å²) in [5.41, 5.74) is 2.69. The van der Waals surface area contributed by atoms with Crippen LogP contribution in [0.25, 0.3) is 6.08 Å². The first-order valence-electron chi connectivity index (χ1n) is 9.91. The molecule has 0 aromatic heterocycles. The van der Waals surface area contributed by atoms with E-state index in [1.165, 1.54) is 35.9 Å². The fourth-order valence-electron chi connectivity index (χ4n) is 2.91. The summed E-state index contributed by atoms with van der Waals surface area (Å²) in [6, 6.07) is 20.5. The smallest absolute Gasteiger partial charge is 0.216 e. The van der Waals surface area contributed by atoms with Crippen LogP contribution in [-0.2, 0) is 16.4 Å². The topological polar surface area (TPSA) is 76.4 Å². The Bertz CT molecular complexity index is 1260. The van der Waals surface area contributed by atoms with Crippen molar-refractivity contribution < 1.29 is 17.9 Å². The number of hydrogen-bond acceptors (Lipinski definition) is 5. The van der Waals surface area contributed by atoms with Gasteiger partial charge in [0.25, 0.3) is 0 Å². The van der Waals surface area contributed by atoms with E-state index in [0.29, 0.717) is 35.3 Å². The molecule has 7 heteroatoms. The molecule has 0 radical (unpaired) electrons. The number of aryl methyl sites for hydroxylation is 1. The highest BCUT2D eigenvalue weighted by molar-refractivity contribution is 7.95. The third kappa shape index (κ3) is 5.70. The van der Waals surface area contributed by atoms with Crippen LogP contribution in [0, 0.1) is 18.3 Å². The summed E-state index contributed by atoms with van der Waals surface area (Å²) in [5.74, 6) is 0.998. The van der Waals surface area contributed by atoms with Crippen LogP contribution in [0.4, 0.5) is 0 Å². The second-order valence-electron chi connectivity index (χ2n) is 6.99. The Morgan fingerprint density at radius 1 is 1.00 bits per heavy atom. The number of ether oxygens (including phenoxy) is 2. The molecule has 0 bridgehead atoms. The minimum Gasteiger partial charge on any atom is -0.490 e. The number of nitrogens with zero attached hydrogens (tertiary/aromatic N) is 1. The fourth-order valence-corrected chi connectivity index (χ4v) is 4.20. The molecule has 0 atom stereocenters. The number of allylic oxidation sites excluding steroid dienone is 1. The van der Waals surface area contributed by atoms with E-state index >= 15 is 0 Å². The van der Waals surface area contributed by atoms with Crippen molar-refractivity contribution in [2.75, 3.05) is 6.61 Å². The number of benzene rings is 3. The average molecular weight is 468 g/mol. The van der Waals surface area contributed by atoms with Gasteiger partial charge in [0.05, 0.1) is 11.5 Å². The molecule has 0 saturated heterocycles. The summed E-state index contributed by atoms with van der Waals surface area (Å²) in [7, 11) is -3.98. The molecule has 0 spiro atoms. The van der Waals surface area contributed by atoms with Gasteiger partial charge in [0.1, 0.15) is 17.6 Å². The normalized spacial score (nSPS) is 11.6. The van der Waals surface area contributed by atoms with Crippen LogP contribution in [-0.4, -0.2) is 15.0 Å². The minimum atomic E-state index is -3.98. The molecule has 0 fully saturated rings. The van der Waals surface area contributed by atoms with Gasteiger partial charge in [-0.1, -0.05) is 47.5 Å². The molecule has 3 aromatic rings. The number of rotatable bonds is 8. The Balaban J connectivity index is 1.88. The summed E-state index contributed by atoms with van der Waals surface area (Å²) < 4.78 is 37.3. The van der Waals surface area contributed by atoms with E-state index in [1.54, 1.807) is 24.3 Å². The number of hydrogen-bond donors (Lipinski definition) is 0. The Morgan fingerprint density at radius 3 is 2.31 bits per heavy atom. The molecule has 3 rings (SSSR count). The van der Waals surface area contributed by atoms with Crippen LogP contribution in [0.2, 0.25) is 5.02 Å². The highest BCUT2D eigenvalue weighted by Crippen LogP contribution is 2.31. The van der Waals surface area contributed by atoms with Crippen molar-refractivity contribution in [3.8, 4) is 17.6 Å². The molecule has 0 aliphatic rings. The molecule has 0 unspecified atom stereocenters. The van der Waals surface area contributed by atoms with Crippen LogP contribution in [0.3, 0.4) is 0 Å². The molecule has 0 N–H and O–H groups in total. The second-order valence-corrected chi connectivity index (χ2v) is 9.35. The number of nitriles is 1. The maximum atomic E-state index is 12.9. The van der Waals surface area contributed by atoms with E-state index in [2.05, 4.69) is 0 Å². The molecule has 3 aromatic carbocycles. The molecule has 0 amide bonds. The zero-order valence-corrected chi connectivity index (χ0v) is 19.3. The zero-order valence-electron chi connectivity index (χ0n) is 17.7. The van der Waals surface area contributed by atoms with Gasteiger partial charge in [0.15, 0.2) is 11.5 Å². The van der Waals surface area contributed by atoms with Gasteiger partial charge in [-0.05, 0) is 67.4 Å². The molecule has 0 heterocycles. The van der Waals surface area contributed by atoms with Crippen molar-refractivity contribution in [1.82, 2.24) is 0 Å². The molecule has 5 nitrogen and oxygen atoms in total. The van der Waals surface area contributed by atoms with Crippen molar-refractivity contribution in [2.45, 2.75) is 25.3 Å². The molecular weight excluding hydrogens is 446 g/mol. The van der Waals surface area contributed by atoms with E-state index in [1.807, 2.05) is 38.1 Å². The first kappa shape index (κ1) is 23.4. The van der Waals surface area contributed by atoms with Crippen LogP contribution in [0.5, 0.6) is 11.5 Å². The van der Waals surface area contributed by atoms with Crippen molar-refractivity contribution >= 4 is 27.5 Å². The van der Waals surface area contributed by atoms with Gasteiger partial charge < -0.3 is 9.47 Å². The van der Waals surface area contributed by atoms with Gasteiger partial charge in [-0.25, -0.2) is 8.42 Å². The lowest BCUT2D eigenvalue weighted by Crippen LogP contribution is -2.03. The fraction of sp³-hybridized carbons (Fsp3) is 0.160. The monoisotopic (exact) mass is 467 g/mol. The van der Waals surface area contributed by atoms with Gasteiger partial charge in [-0.3, -0.25) is 0 Å². The van der Waals surface area contributed by atoms with Crippen LogP contribution in [0.1, 0.15) is 23.6 Å². The first-order chi connectivity index (χ1) is 15.3. The van der Waals surface area contributed by atoms with Crippen LogP contribution < -0.4 is 9.47 Å². The average Bonchev–Trinajstić information content (AvgIpc) is 2.78. The largest absolute Gasteiger partial charge is 0.490 e. The Kier molecular flexibility index (Phi) is 7.57. The minimum absolute atomic E-state index is 0.00205. The van der Waals surface area contributed by atoms with E-state index in [-0.39, 0.29) is 9.80 Å². The molecule has 164 valence electrons. The summed E-state index contributed by atoms with van der Waals surface area (Å²) in [6.07, 6.45) is 1.32. The van der Waals surface area contributed by atoms with E-state index in [9.17, 15) is 13.7 Å². The predicted octanol–water partition coefficient (Wildman–Crippen LogP) is 5.96. The zero-order chi connectivity index (χ0) is 23.1. The Morgan fingerprint density at radius 2 is 1.69 bits per heavy atom. The maximum absolute atomic E-state index is 12.9. The molecule has 0 saturated carbocycles. The van der Waals surface area contributed by atoms with Gasteiger partial charge in [-0.2, -0.15) is 5.26 Å². The summed E-state index contributed by atoms with van der Waals surface area (Å²) in [5, 5.41) is 9.93. The summed E-state index contributed by atoms with van der Waals surface area (Å²) in [4.78, 5) is -0.381. The summed E-state index contributed by atoms with van der Waals surface area (Å²) >= 11 is 5.84. The lowest BCUT2D eigenvalue weighted by Gasteiger charge is -2.13. The highest BCUT2D eigenvalue weighted by atomic mass is 35.5. The Hall–Kier alpha value is -3.27. The van der Waals surface area contributed by atoms with Gasteiger partial charge >= 0.3 is 0 Å². The lowest BCUT2D eigenvalue weighted by atomic mass is 10.1. The van der Waals surface area contributed by atoms with Crippen molar-refractivity contribution in [3.63, 3.8) is 0 Å². The second kappa shape index (κ2) is 10.4. The maximum Gasteiger partial charge on any atom is 0.216 e. The molecular formula is C25H22ClNO4S. The third-order valence-corrected chi connectivity index (χ3v) is 6.54. The van der Waals surface area contributed by atoms with E-state index in [4.69, 9.17) is 21.1 Å². The van der Waals surface area contributed by atoms with Crippen molar-refractivity contribution in [3.05, 3.63) is 93.3 Å². The van der Waals surface area contributed by atoms with Gasteiger partial charge in [0.2, 0.25) is 9.84 Å². The summed E-state index contributed by atoms with van der Waals surface area (Å²) in [6.45, 7) is 4.64. The molecule has 32 heavy (non-hydrogen) atoms. The number of sulfone groups is 1. The molecule has 0 aliphatic carbocycles. The number of halogens is 1. The van der Waals surface area contributed by atoms with Crippen LogP contribution >= 0.6 is 11.6 Å². The third-order valence-electron chi connectivity index (χ3n) is 4.60. The van der Waals surface area contributed by atoms with Crippen LogP contribution in [0.15, 0.2) is 76.5 Å². The Labute approximate surface area is 193 Å². The predicted molar refractivity (Wildman–Crippen MR) is 125 cm³/mol. The highest BCUT2D eigenvalue weighted by Gasteiger charge is 2.21. The van der Waals surface area contributed by atoms with E-state index < -0.39 is 9.84 Å². The van der Waals surface area contributed by atoms with Crippen molar-refractivity contribution in [1.29, 1.82) is 5.26 Å². The standard InChI is InChI=1S/C25H22ClNO4S/c1-3-30-25-15-20(8-13-24(25)31-17-19-6-4-18(2)5-7-19)14-23(16-27)32(28,29)22-11-9-21(26)10-12-22/h4-15H,3,17H2,1-2H3. The quantitative estimate of drug-likeness (QED) is 0.382. The molecule has 0 aliphatic heterocycles. The van der Waals surface area contributed by atoms with Gasteiger partial charge in [-0.15, -0.1) is 0 Å². The van der Waals surface area contributed by atoms with Crippen molar-refractivity contribution in [2.24, 2.45) is 0 Å². The van der Waals surface area contributed by atoms with E-state index in [0.717, 1.165) is 5.56 Å². The SMILES string of the molecule is CCOc1cc(C=C(C#N)S(=O)(=O)c2ccc(Cl)cc2)ccc1OCc1ccc(C)cc1. The van der Waals surface area contributed by atoms with Gasteiger partial charge in [0, 0.05) is 5.02 Å². The first-order valence-corrected chi connectivity index (χ1v) is 11.8. The lowest BCUT2D eigenvalue weighted by molar-refractivity contribution is 0.269.